The van der Waals surface area contributed by atoms with Crippen LogP contribution in [-0.2, 0) is 6.54 Å². The fourth-order valence-corrected chi connectivity index (χ4v) is 1.83. The Kier molecular flexibility index (Phi) is 2.63. The number of furan rings is 1. The van der Waals surface area contributed by atoms with Gasteiger partial charge in [0.1, 0.15) is 0 Å². The van der Waals surface area contributed by atoms with E-state index in [0.29, 0.717) is 15.6 Å². The Labute approximate surface area is 99.8 Å². The summed E-state index contributed by atoms with van der Waals surface area (Å²) in [5.41, 5.74) is -0.816. The van der Waals surface area contributed by atoms with Crippen LogP contribution in [0.3, 0.4) is 0 Å². The molecule has 0 aliphatic heterocycles. The lowest BCUT2D eigenvalue weighted by atomic mass is 10.1. The van der Waals surface area contributed by atoms with E-state index in [2.05, 4.69) is 21.0 Å². The van der Waals surface area contributed by atoms with Gasteiger partial charge in [-0.15, -0.1) is 0 Å². The van der Waals surface area contributed by atoms with Crippen LogP contribution in [0.15, 0.2) is 26.1 Å². The molecule has 5 nitrogen and oxygen atoms in total. The summed E-state index contributed by atoms with van der Waals surface area (Å²) in [5.74, 6) is 0. The molecule has 2 heterocycles. The summed E-state index contributed by atoms with van der Waals surface area (Å²) in [6, 6.07) is 1.60. The number of fused-ring (bicyclic) bond motifs is 1. The number of hydrogen-bond donors (Lipinski definition) is 1. The Morgan fingerprint density at radius 3 is 2.94 bits per heavy atom. The Morgan fingerprint density at radius 2 is 2.31 bits per heavy atom. The zero-order valence-corrected chi connectivity index (χ0v) is 10.5. The molecular formula is C10H11BrN2O3. The zero-order valence-electron chi connectivity index (χ0n) is 8.90. The van der Waals surface area contributed by atoms with Crippen LogP contribution in [0.1, 0.15) is 13.8 Å². The van der Waals surface area contributed by atoms with Crippen molar-refractivity contribution in [3.8, 4) is 0 Å². The number of halogens is 1. The Hall–Kier alpha value is -1.14. The normalized spacial score (nSPS) is 12.2. The molecule has 0 aromatic carbocycles. The molecule has 2 aromatic rings. The van der Waals surface area contributed by atoms with Gasteiger partial charge in [-0.05, 0) is 29.8 Å². The van der Waals surface area contributed by atoms with Crippen molar-refractivity contribution >= 4 is 26.9 Å². The van der Waals surface area contributed by atoms with Crippen molar-refractivity contribution in [2.24, 2.45) is 0 Å². The molecule has 0 amide bonds. The summed E-state index contributed by atoms with van der Waals surface area (Å²) in [5, 5.41) is 14.0. The smallest absolute Gasteiger partial charge is 0.278 e. The van der Waals surface area contributed by atoms with Crippen molar-refractivity contribution in [3.05, 3.63) is 27.3 Å². The Balaban J connectivity index is 2.56. The summed E-state index contributed by atoms with van der Waals surface area (Å²) < 4.78 is 6.93. The van der Waals surface area contributed by atoms with Gasteiger partial charge in [0.05, 0.1) is 23.7 Å². The second kappa shape index (κ2) is 3.71. The van der Waals surface area contributed by atoms with Gasteiger partial charge in [-0.1, -0.05) is 0 Å². The topological polar surface area (TPSA) is 68.3 Å². The van der Waals surface area contributed by atoms with Gasteiger partial charge in [-0.2, -0.15) is 5.10 Å². The quantitative estimate of drug-likeness (QED) is 0.909. The van der Waals surface area contributed by atoms with Crippen LogP contribution < -0.4 is 5.56 Å². The molecule has 0 aliphatic carbocycles. The standard InChI is InChI=1S/C10H11BrN2O3/c1-10(2,15)5-13-9(14)6-3-8(11)16-7(6)4-12-13/h3-4,15H,5H2,1-2H3. The molecule has 6 heteroatoms. The van der Waals surface area contributed by atoms with E-state index < -0.39 is 5.60 Å². The molecule has 2 aromatic heterocycles. The average Bonchev–Trinajstić information content (AvgIpc) is 2.50. The molecule has 0 radical (unpaired) electrons. The third-order valence-corrected chi connectivity index (χ3v) is 2.44. The lowest BCUT2D eigenvalue weighted by Crippen LogP contribution is -2.34. The Bertz CT molecular complexity index is 580. The van der Waals surface area contributed by atoms with Crippen LogP contribution in [0.2, 0.25) is 0 Å². The number of aromatic nitrogens is 2. The van der Waals surface area contributed by atoms with Crippen LogP contribution in [0.25, 0.3) is 11.0 Å². The molecule has 16 heavy (non-hydrogen) atoms. The maximum absolute atomic E-state index is 11.9. The molecule has 0 unspecified atom stereocenters. The third-order valence-electron chi connectivity index (χ3n) is 2.05. The van der Waals surface area contributed by atoms with Crippen molar-refractivity contribution in [1.29, 1.82) is 0 Å². The van der Waals surface area contributed by atoms with E-state index in [1.807, 2.05) is 0 Å². The largest absolute Gasteiger partial charge is 0.447 e. The van der Waals surface area contributed by atoms with E-state index >= 15 is 0 Å². The fraction of sp³-hybridized carbons (Fsp3) is 0.400. The van der Waals surface area contributed by atoms with E-state index in [0.717, 1.165) is 0 Å². The van der Waals surface area contributed by atoms with Crippen molar-refractivity contribution < 1.29 is 9.52 Å². The first-order valence-electron chi connectivity index (χ1n) is 4.74. The number of rotatable bonds is 2. The first-order valence-corrected chi connectivity index (χ1v) is 5.54. The van der Waals surface area contributed by atoms with Crippen LogP contribution in [0.5, 0.6) is 0 Å². The average molecular weight is 287 g/mol. The molecule has 0 aliphatic rings. The maximum atomic E-state index is 11.9. The highest BCUT2D eigenvalue weighted by Gasteiger charge is 2.17. The van der Waals surface area contributed by atoms with Crippen molar-refractivity contribution in [2.75, 3.05) is 0 Å². The van der Waals surface area contributed by atoms with Crippen molar-refractivity contribution in [1.82, 2.24) is 9.78 Å². The summed E-state index contributed by atoms with van der Waals surface area (Å²) in [4.78, 5) is 11.9. The molecule has 0 saturated heterocycles. The van der Waals surface area contributed by atoms with Crippen molar-refractivity contribution in [3.63, 3.8) is 0 Å². The second-order valence-corrected chi connectivity index (χ2v) is 5.03. The van der Waals surface area contributed by atoms with Crippen LogP contribution >= 0.6 is 15.9 Å². The highest BCUT2D eigenvalue weighted by molar-refractivity contribution is 9.10. The van der Waals surface area contributed by atoms with E-state index in [1.165, 1.54) is 10.9 Å². The molecule has 86 valence electrons. The molecule has 2 rings (SSSR count). The van der Waals surface area contributed by atoms with Gasteiger partial charge in [-0.3, -0.25) is 4.79 Å². The van der Waals surface area contributed by atoms with Crippen molar-refractivity contribution in [2.45, 2.75) is 26.0 Å². The van der Waals surface area contributed by atoms with Crippen LogP contribution in [0, 0.1) is 0 Å². The SMILES string of the molecule is CC(C)(O)Cn1ncc2oc(Br)cc2c1=O. The Morgan fingerprint density at radius 1 is 1.62 bits per heavy atom. The van der Waals surface area contributed by atoms with Gasteiger partial charge in [0.15, 0.2) is 10.3 Å². The number of hydrogen-bond acceptors (Lipinski definition) is 4. The third kappa shape index (κ3) is 2.17. The first kappa shape index (κ1) is 11.3. The molecule has 0 fully saturated rings. The molecular weight excluding hydrogens is 276 g/mol. The van der Waals surface area contributed by atoms with Crippen LogP contribution in [0.4, 0.5) is 0 Å². The van der Waals surface area contributed by atoms with E-state index in [9.17, 15) is 9.90 Å². The molecule has 0 spiro atoms. The highest BCUT2D eigenvalue weighted by atomic mass is 79.9. The lowest BCUT2D eigenvalue weighted by Gasteiger charge is -2.17. The fourth-order valence-electron chi connectivity index (χ4n) is 1.43. The highest BCUT2D eigenvalue weighted by Crippen LogP contribution is 2.19. The molecule has 1 N–H and O–H groups in total. The van der Waals surface area contributed by atoms with E-state index in [-0.39, 0.29) is 12.1 Å². The monoisotopic (exact) mass is 286 g/mol. The molecule has 0 saturated carbocycles. The summed E-state index contributed by atoms with van der Waals surface area (Å²) in [6.07, 6.45) is 1.47. The minimum absolute atomic E-state index is 0.143. The zero-order chi connectivity index (χ0) is 11.9. The van der Waals surface area contributed by atoms with Gasteiger partial charge in [0.25, 0.3) is 5.56 Å². The van der Waals surface area contributed by atoms with Gasteiger partial charge in [0.2, 0.25) is 0 Å². The van der Waals surface area contributed by atoms with Gasteiger partial charge in [-0.25, -0.2) is 4.68 Å². The number of aliphatic hydroxyl groups is 1. The predicted octanol–water partition coefficient (Wildman–Crippen LogP) is 1.52. The van der Waals surface area contributed by atoms with E-state index in [4.69, 9.17) is 4.42 Å². The predicted molar refractivity (Wildman–Crippen MR) is 62.3 cm³/mol. The van der Waals surface area contributed by atoms with Crippen LogP contribution in [-0.4, -0.2) is 20.5 Å². The first-order chi connectivity index (χ1) is 7.37. The van der Waals surface area contributed by atoms with Gasteiger partial charge >= 0.3 is 0 Å². The minimum atomic E-state index is -0.981. The van der Waals surface area contributed by atoms with E-state index in [1.54, 1.807) is 19.9 Å². The maximum Gasteiger partial charge on any atom is 0.278 e. The van der Waals surface area contributed by atoms with Gasteiger partial charge in [0, 0.05) is 6.07 Å². The molecule has 0 bridgehead atoms. The summed E-state index contributed by atoms with van der Waals surface area (Å²) in [6.45, 7) is 3.39. The number of nitrogens with zero attached hydrogens (tertiary/aromatic N) is 2. The minimum Gasteiger partial charge on any atom is -0.447 e. The summed E-state index contributed by atoms with van der Waals surface area (Å²) in [7, 11) is 0. The van der Waals surface area contributed by atoms with Gasteiger partial charge < -0.3 is 9.52 Å². The molecule has 0 atom stereocenters. The summed E-state index contributed by atoms with van der Waals surface area (Å²) >= 11 is 3.15. The lowest BCUT2D eigenvalue weighted by molar-refractivity contribution is 0.0563. The second-order valence-electron chi connectivity index (χ2n) is 4.25.